The van der Waals surface area contributed by atoms with Gasteiger partial charge in [-0.15, -0.1) is 0 Å². The number of nitrogens with zero attached hydrogens (tertiary/aromatic N) is 2. The fraction of sp³-hybridized carbons (Fsp3) is 0.333. The minimum atomic E-state index is 0.349. The molecule has 0 aliphatic carbocycles. The van der Waals surface area contributed by atoms with Crippen LogP contribution in [-0.2, 0) is 0 Å². The summed E-state index contributed by atoms with van der Waals surface area (Å²) in [6.45, 7) is 1.99. The summed E-state index contributed by atoms with van der Waals surface area (Å²) in [6.07, 6.45) is 4.08. The predicted molar refractivity (Wildman–Crippen MR) is 118 cm³/mol. The second-order valence-electron chi connectivity index (χ2n) is 6.94. The van der Waals surface area contributed by atoms with E-state index in [1.807, 2.05) is 24.4 Å². The van der Waals surface area contributed by atoms with Crippen LogP contribution in [0.1, 0.15) is 12.8 Å². The van der Waals surface area contributed by atoms with Gasteiger partial charge in [-0.2, -0.15) is 0 Å². The lowest BCUT2D eigenvalue weighted by Crippen LogP contribution is -2.38. The molecule has 1 aromatic heterocycles. The van der Waals surface area contributed by atoms with Crippen LogP contribution in [-0.4, -0.2) is 43.3 Å². The van der Waals surface area contributed by atoms with Crippen molar-refractivity contribution in [1.82, 2.24) is 15.3 Å². The first-order valence-corrected chi connectivity index (χ1v) is 10.2. The molecule has 3 aromatic rings. The highest BCUT2D eigenvalue weighted by atomic mass is 35.5. The van der Waals surface area contributed by atoms with Crippen molar-refractivity contribution in [3.63, 3.8) is 0 Å². The van der Waals surface area contributed by atoms with Crippen LogP contribution in [0.3, 0.4) is 0 Å². The summed E-state index contributed by atoms with van der Waals surface area (Å²) in [5.74, 6) is 1.64. The number of rotatable bonds is 5. The van der Waals surface area contributed by atoms with Crippen molar-refractivity contribution in [2.24, 2.45) is 0 Å². The molecule has 8 heteroatoms. The number of aromatic nitrogens is 2. The molecule has 0 bridgehead atoms. The van der Waals surface area contributed by atoms with E-state index in [1.54, 1.807) is 20.3 Å². The topological polar surface area (TPSA) is 68.3 Å². The molecule has 1 unspecified atom stereocenters. The summed E-state index contributed by atoms with van der Waals surface area (Å²) in [5, 5.41) is 8.55. The number of piperidine rings is 1. The summed E-state index contributed by atoms with van der Waals surface area (Å²) < 4.78 is 10.7. The van der Waals surface area contributed by atoms with Gasteiger partial charge in [-0.05, 0) is 37.1 Å². The predicted octanol–water partition coefficient (Wildman–Crippen LogP) is 4.78. The highest BCUT2D eigenvalue weighted by molar-refractivity contribution is 6.41. The Morgan fingerprint density at radius 1 is 1.10 bits per heavy atom. The van der Waals surface area contributed by atoms with Gasteiger partial charge in [-0.1, -0.05) is 29.3 Å². The third-order valence-corrected chi connectivity index (χ3v) is 5.82. The van der Waals surface area contributed by atoms with Crippen molar-refractivity contribution in [2.45, 2.75) is 18.9 Å². The van der Waals surface area contributed by atoms with Gasteiger partial charge in [0.15, 0.2) is 0 Å². The number of hydrogen-bond donors (Lipinski definition) is 2. The Labute approximate surface area is 179 Å². The fourth-order valence-electron chi connectivity index (χ4n) is 3.56. The minimum Gasteiger partial charge on any atom is -0.495 e. The van der Waals surface area contributed by atoms with Crippen LogP contribution in [0, 0.1) is 0 Å². The van der Waals surface area contributed by atoms with Gasteiger partial charge in [-0.3, -0.25) is 0 Å². The summed E-state index contributed by atoms with van der Waals surface area (Å²) >= 11 is 13.1. The molecule has 1 aliphatic heterocycles. The van der Waals surface area contributed by atoms with E-state index in [-0.39, 0.29) is 0 Å². The van der Waals surface area contributed by atoms with Crippen molar-refractivity contribution in [3.8, 4) is 22.6 Å². The number of nitrogens with one attached hydrogen (secondary N) is 2. The normalized spacial score (nSPS) is 16.6. The lowest BCUT2D eigenvalue weighted by Gasteiger charge is -2.23. The Morgan fingerprint density at radius 2 is 1.86 bits per heavy atom. The second kappa shape index (κ2) is 8.61. The Bertz CT molecular complexity index is 1010. The zero-order valence-electron chi connectivity index (χ0n) is 16.3. The smallest absolute Gasteiger partial charge is 0.223 e. The van der Waals surface area contributed by atoms with Crippen molar-refractivity contribution in [2.75, 3.05) is 32.6 Å². The number of methoxy groups -OCH3 is 2. The first-order chi connectivity index (χ1) is 14.1. The lowest BCUT2D eigenvalue weighted by atomic mass is 10.0. The largest absolute Gasteiger partial charge is 0.495 e. The molecule has 152 valence electrons. The standard InChI is InChI=1S/C21H22Cl2N4O2/c1-28-16-9-17(29-2)20(23)18(19(16)22)12-5-6-15-13(8-12)10-25-21(27-15)26-14-4-3-7-24-11-14/h5-6,8-10,14,24H,3-4,7,11H2,1-2H3,(H,25,26,27). The maximum atomic E-state index is 6.55. The molecule has 0 radical (unpaired) electrons. The van der Waals surface area contributed by atoms with Gasteiger partial charge in [0.25, 0.3) is 0 Å². The Hall–Kier alpha value is -2.28. The van der Waals surface area contributed by atoms with Crippen LogP contribution in [0.5, 0.6) is 11.5 Å². The summed E-state index contributed by atoms with van der Waals surface area (Å²) in [7, 11) is 3.12. The van der Waals surface area contributed by atoms with Crippen LogP contribution in [0.4, 0.5) is 5.95 Å². The van der Waals surface area contributed by atoms with Gasteiger partial charge in [0, 0.05) is 35.8 Å². The maximum absolute atomic E-state index is 6.55. The molecule has 0 saturated carbocycles. The monoisotopic (exact) mass is 432 g/mol. The van der Waals surface area contributed by atoms with Gasteiger partial charge < -0.3 is 20.1 Å². The van der Waals surface area contributed by atoms with Gasteiger partial charge in [-0.25, -0.2) is 9.97 Å². The van der Waals surface area contributed by atoms with Crippen molar-refractivity contribution < 1.29 is 9.47 Å². The number of fused-ring (bicyclic) bond motifs is 1. The molecule has 2 heterocycles. The van der Waals surface area contributed by atoms with E-state index in [2.05, 4.69) is 20.6 Å². The van der Waals surface area contributed by atoms with Crippen molar-refractivity contribution in [3.05, 3.63) is 40.5 Å². The highest BCUT2D eigenvalue weighted by Crippen LogP contribution is 2.46. The first-order valence-electron chi connectivity index (χ1n) is 9.45. The van der Waals surface area contributed by atoms with Crippen molar-refractivity contribution >= 4 is 40.1 Å². The average Bonchev–Trinajstić information content (AvgIpc) is 2.75. The number of halogens is 2. The van der Waals surface area contributed by atoms with E-state index in [9.17, 15) is 0 Å². The fourth-order valence-corrected chi connectivity index (χ4v) is 4.27. The van der Waals surface area contributed by atoms with Crippen LogP contribution >= 0.6 is 23.2 Å². The van der Waals surface area contributed by atoms with E-state index in [0.29, 0.717) is 39.1 Å². The van der Waals surface area contributed by atoms with E-state index in [1.165, 1.54) is 0 Å². The Kier molecular flexibility index (Phi) is 5.94. The molecule has 1 fully saturated rings. The molecule has 1 saturated heterocycles. The molecule has 1 aliphatic rings. The quantitative estimate of drug-likeness (QED) is 0.604. The second-order valence-corrected chi connectivity index (χ2v) is 7.69. The molecular formula is C21H22Cl2N4O2. The molecule has 0 amide bonds. The van der Waals surface area contributed by atoms with Crippen LogP contribution in [0.2, 0.25) is 10.0 Å². The molecule has 4 rings (SSSR count). The zero-order chi connectivity index (χ0) is 20.4. The number of hydrogen-bond acceptors (Lipinski definition) is 6. The molecule has 2 aromatic carbocycles. The van der Waals surface area contributed by atoms with Crippen LogP contribution in [0.15, 0.2) is 30.5 Å². The SMILES string of the molecule is COc1cc(OC)c(Cl)c(-c2ccc3nc(NC4CCCNC4)ncc3c2)c1Cl. The third kappa shape index (κ3) is 4.06. The molecule has 0 spiro atoms. The Morgan fingerprint density at radius 3 is 2.52 bits per heavy atom. The average molecular weight is 433 g/mol. The molecule has 6 nitrogen and oxygen atoms in total. The maximum Gasteiger partial charge on any atom is 0.223 e. The van der Waals surface area contributed by atoms with Gasteiger partial charge in [0.05, 0.1) is 29.8 Å². The van der Waals surface area contributed by atoms with Gasteiger partial charge in [0.1, 0.15) is 11.5 Å². The van der Waals surface area contributed by atoms with Crippen LogP contribution in [0.25, 0.3) is 22.0 Å². The van der Waals surface area contributed by atoms with E-state index in [4.69, 9.17) is 32.7 Å². The molecule has 29 heavy (non-hydrogen) atoms. The Balaban J connectivity index is 1.70. The summed E-state index contributed by atoms with van der Waals surface area (Å²) in [6, 6.07) is 7.87. The van der Waals surface area contributed by atoms with Gasteiger partial charge >= 0.3 is 0 Å². The van der Waals surface area contributed by atoms with E-state index < -0.39 is 0 Å². The first kappa shape index (κ1) is 20.0. The summed E-state index contributed by atoms with van der Waals surface area (Å²) in [5.41, 5.74) is 2.34. The number of benzene rings is 2. The highest BCUT2D eigenvalue weighted by Gasteiger charge is 2.19. The van der Waals surface area contributed by atoms with Gasteiger partial charge in [0.2, 0.25) is 5.95 Å². The van der Waals surface area contributed by atoms with E-state index >= 15 is 0 Å². The van der Waals surface area contributed by atoms with Crippen LogP contribution < -0.4 is 20.1 Å². The minimum absolute atomic E-state index is 0.349. The number of anilines is 1. The molecule has 2 N–H and O–H groups in total. The zero-order valence-corrected chi connectivity index (χ0v) is 17.8. The van der Waals surface area contributed by atoms with E-state index in [0.717, 1.165) is 42.4 Å². The molecular weight excluding hydrogens is 411 g/mol. The third-order valence-electron chi connectivity index (χ3n) is 5.07. The lowest BCUT2D eigenvalue weighted by molar-refractivity contribution is 0.395. The summed E-state index contributed by atoms with van der Waals surface area (Å²) in [4.78, 5) is 9.13. The number of ether oxygens (including phenoxy) is 2. The molecule has 1 atom stereocenters. The van der Waals surface area contributed by atoms with Crippen molar-refractivity contribution in [1.29, 1.82) is 0 Å².